The molecule has 0 aliphatic rings. The van der Waals surface area contributed by atoms with Gasteiger partial charge in [0.2, 0.25) is 0 Å². The first-order valence-electron chi connectivity index (χ1n) is 7.36. The summed E-state index contributed by atoms with van der Waals surface area (Å²) in [6.45, 7) is 0. The van der Waals surface area contributed by atoms with Crippen LogP contribution in [-0.2, 0) is 0 Å². The zero-order valence-electron chi connectivity index (χ0n) is 12.6. The molecule has 24 heavy (non-hydrogen) atoms. The zero-order valence-corrected chi connectivity index (χ0v) is 12.6. The van der Waals surface area contributed by atoms with Gasteiger partial charge in [-0.25, -0.2) is 19.9 Å². The topological polar surface area (TPSA) is 77.3 Å². The van der Waals surface area contributed by atoms with Gasteiger partial charge < -0.3 is 0 Å². The van der Waals surface area contributed by atoms with Gasteiger partial charge >= 0.3 is 0 Å². The van der Waals surface area contributed by atoms with Crippen LogP contribution in [0.2, 0.25) is 0 Å². The van der Waals surface area contributed by atoms with Gasteiger partial charge in [0.15, 0.2) is 5.82 Å². The lowest BCUT2D eigenvalue weighted by atomic mass is 10.1. The summed E-state index contributed by atoms with van der Waals surface area (Å²) in [6, 6.07) is 9.47. The molecule has 0 radical (unpaired) electrons. The minimum absolute atomic E-state index is 0.618. The van der Waals surface area contributed by atoms with Crippen LogP contribution in [-0.4, -0.2) is 29.9 Å². The highest BCUT2D eigenvalue weighted by atomic mass is 14.9. The number of hydrogen-bond donors (Lipinski definition) is 0. The number of nitrogens with zero attached hydrogens (tertiary/aromatic N) is 6. The van der Waals surface area contributed by atoms with E-state index < -0.39 is 0 Å². The zero-order chi connectivity index (χ0) is 16.2. The predicted octanol–water partition coefficient (Wildman–Crippen LogP) is 3.06. The van der Waals surface area contributed by atoms with E-state index in [1.54, 1.807) is 37.2 Å². The van der Waals surface area contributed by atoms with Crippen molar-refractivity contribution in [2.45, 2.75) is 0 Å². The summed E-state index contributed by atoms with van der Waals surface area (Å²) in [7, 11) is 0. The number of rotatable bonds is 3. The van der Waals surface area contributed by atoms with Crippen LogP contribution in [0.1, 0.15) is 0 Å². The van der Waals surface area contributed by atoms with Crippen molar-refractivity contribution in [2.24, 2.45) is 0 Å². The highest BCUT2D eigenvalue weighted by molar-refractivity contribution is 5.79. The van der Waals surface area contributed by atoms with E-state index in [0.29, 0.717) is 5.82 Å². The van der Waals surface area contributed by atoms with Crippen LogP contribution in [0.15, 0.2) is 73.8 Å². The maximum Gasteiger partial charge on any atom is 0.161 e. The first-order valence-corrected chi connectivity index (χ1v) is 7.36. The highest BCUT2D eigenvalue weighted by Gasteiger charge is 2.13. The van der Waals surface area contributed by atoms with Gasteiger partial charge in [0, 0.05) is 53.9 Å². The molecule has 0 aliphatic carbocycles. The quantitative estimate of drug-likeness (QED) is 0.578. The standard InChI is InChI=1S/C18H12N6/c1-2-14(10-20-6-1)18-22-11-15(16-5-9-21-12-23-16)17(24-18)13-3-7-19-8-4-13/h1-12H. The van der Waals surface area contributed by atoms with Crippen LogP contribution in [0, 0.1) is 0 Å². The van der Waals surface area contributed by atoms with E-state index in [1.807, 2.05) is 30.3 Å². The second-order valence-electron chi connectivity index (χ2n) is 5.03. The molecule has 4 aromatic rings. The van der Waals surface area contributed by atoms with Crippen LogP contribution in [0.3, 0.4) is 0 Å². The molecular weight excluding hydrogens is 300 g/mol. The lowest BCUT2D eigenvalue weighted by molar-refractivity contribution is 1.13. The molecule has 0 N–H and O–H groups in total. The molecule has 6 nitrogen and oxygen atoms in total. The summed E-state index contributed by atoms with van der Waals surface area (Å²) in [5, 5.41) is 0. The van der Waals surface area contributed by atoms with E-state index in [2.05, 4.69) is 24.9 Å². The van der Waals surface area contributed by atoms with Crippen molar-refractivity contribution in [2.75, 3.05) is 0 Å². The van der Waals surface area contributed by atoms with Crippen molar-refractivity contribution in [3.05, 3.63) is 73.8 Å². The van der Waals surface area contributed by atoms with Gasteiger partial charge in [0.25, 0.3) is 0 Å². The largest absolute Gasteiger partial charge is 0.265 e. The van der Waals surface area contributed by atoms with Gasteiger partial charge in [0.05, 0.1) is 11.4 Å². The smallest absolute Gasteiger partial charge is 0.161 e. The SMILES string of the molecule is c1cncc(-c2ncc(-c3ccncn3)c(-c3ccncc3)n2)c1. The maximum absolute atomic E-state index is 4.75. The Balaban J connectivity index is 1.92. The Bertz CT molecular complexity index is 943. The van der Waals surface area contributed by atoms with E-state index in [4.69, 9.17) is 4.98 Å². The number of aromatic nitrogens is 6. The van der Waals surface area contributed by atoms with Gasteiger partial charge in [-0.3, -0.25) is 9.97 Å². The summed E-state index contributed by atoms with van der Waals surface area (Å²) in [6.07, 6.45) is 12.0. The second-order valence-corrected chi connectivity index (χ2v) is 5.03. The molecule has 4 heterocycles. The molecular formula is C18H12N6. The van der Waals surface area contributed by atoms with Gasteiger partial charge in [-0.1, -0.05) is 0 Å². The number of hydrogen-bond acceptors (Lipinski definition) is 6. The fourth-order valence-corrected chi connectivity index (χ4v) is 2.38. The van der Waals surface area contributed by atoms with Crippen molar-refractivity contribution >= 4 is 0 Å². The summed E-state index contributed by atoms with van der Waals surface area (Å²) in [5.41, 5.74) is 4.23. The van der Waals surface area contributed by atoms with Gasteiger partial charge in [0.1, 0.15) is 6.33 Å². The molecule has 0 unspecified atom stereocenters. The molecule has 4 rings (SSSR count). The van der Waals surface area contributed by atoms with Crippen molar-refractivity contribution in [3.8, 4) is 33.9 Å². The van der Waals surface area contributed by atoms with Crippen LogP contribution >= 0.6 is 0 Å². The molecule has 4 aromatic heterocycles. The number of pyridine rings is 2. The third-order valence-electron chi connectivity index (χ3n) is 3.52. The average molecular weight is 312 g/mol. The molecule has 0 atom stereocenters. The van der Waals surface area contributed by atoms with E-state index in [-0.39, 0.29) is 0 Å². The lowest BCUT2D eigenvalue weighted by Gasteiger charge is -2.10. The van der Waals surface area contributed by atoms with Crippen LogP contribution in [0.5, 0.6) is 0 Å². The third-order valence-corrected chi connectivity index (χ3v) is 3.52. The summed E-state index contributed by atoms with van der Waals surface area (Å²) >= 11 is 0. The fraction of sp³-hybridized carbons (Fsp3) is 0. The first kappa shape index (κ1) is 14.1. The van der Waals surface area contributed by atoms with Gasteiger partial charge in [-0.05, 0) is 30.3 Å². The minimum atomic E-state index is 0.618. The lowest BCUT2D eigenvalue weighted by Crippen LogP contribution is -1.97. The Morgan fingerprint density at radius 1 is 0.667 bits per heavy atom. The first-order chi connectivity index (χ1) is 11.9. The van der Waals surface area contributed by atoms with E-state index in [0.717, 1.165) is 28.1 Å². The normalized spacial score (nSPS) is 10.5. The van der Waals surface area contributed by atoms with Crippen LogP contribution in [0.25, 0.3) is 33.9 Å². The molecule has 0 spiro atoms. The Hall–Kier alpha value is -3.54. The van der Waals surface area contributed by atoms with Gasteiger partial charge in [-0.2, -0.15) is 0 Å². The summed E-state index contributed by atoms with van der Waals surface area (Å²) in [5.74, 6) is 0.618. The fourth-order valence-electron chi connectivity index (χ4n) is 2.38. The molecule has 114 valence electrons. The van der Waals surface area contributed by atoms with E-state index >= 15 is 0 Å². The molecule has 0 saturated carbocycles. The molecule has 0 aromatic carbocycles. The second kappa shape index (κ2) is 6.29. The monoisotopic (exact) mass is 312 g/mol. The van der Waals surface area contributed by atoms with E-state index in [1.165, 1.54) is 6.33 Å². The van der Waals surface area contributed by atoms with Crippen LogP contribution in [0.4, 0.5) is 0 Å². The van der Waals surface area contributed by atoms with Crippen molar-refractivity contribution < 1.29 is 0 Å². The highest BCUT2D eigenvalue weighted by Crippen LogP contribution is 2.29. The van der Waals surface area contributed by atoms with Gasteiger partial charge in [-0.15, -0.1) is 0 Å². The summed E-state index contributed by atoms with van der Waals surface area (Å²) in [4.78, 5) is 25.7. The molecule has 0 bridgehead atoms. The van der Waals surface area contributed by atoms with Crippen molar-refractivity contribution in [1.82, 2.24) is 29.9 Å². The molecule has 0 saturated heterocycles. The molecule has 0 amide bonds. The Morgan fingerprint density at radius 2 is 1.54 bits per heavy atom. The maximum atomic E-state index is 4.75. The Kier molecular flexibility index (Phi) is 3.69. The third kappa shape index (κ3) is 2.72. The van der Waals surface area contributed by atoms with Crippen molar-refractivity contribution in [1.29, 1.82) is 0 Å². The Morgan fingerprint density at radius 3 is 2.29 bits per heavy atom. The average Bonchev–Trinajstić information content (AvgIpc) is 2.69. The predicted molar refractivity (Wildman–Crippen MR) is 89.5 cm³/mol. The summed E-state index contributed by atoms with van der Waals surface area (Å²) < 4.78 is 0. The van der Waals surface area contributed by atoms with Crippen LogP contribution < -0.4 is 0 Å². The molecule has 6 heteroatoms. The Labute approximate surface area is 138 Å². The molecule has 0 fully saturated rings. The van der Waals surface area contributed by atoms with Crippen molar-refractivity contribution in [3.63, 3.8) is 0 Å². The van der Waals surface area contributed by atoms with E-state index in [9.17, 15) is 0 Å². The molecule has 0 aliphatic heterocycles. The minimum Gasteiger partial charge on any atom is -0.265 e.